The summed E-state index contributed by atoms with van der Waals surface area (Å²) in [5.74, 6) is -0.493. The van der Waals surface area contributed by atoms with Gasteiger partial charge in [0.15, 0.2) is 10.4 Å². The van der Waals surface area contributed by atoms with Gasteiger partial charge in [-0.15, -0.1) is 5.10 Å². The number of hydrogen-bond acceptors (Lipinski definition) is 5. The number of carbonyl (C=O) groups is 1. The highest BCUT2D eigenvalue weighted by molar-refractivity contribution is 9.10. The number of hydrogen-bond donors (Lipinski definition) is 1. The van der Waals surface area contributed by atoms with E-state index in [9.17, 15) is 9.90 Å². The van der Waals surface area contributed by atoms with Gasteiger partial charge in [0, 0.05) is 18.0 Å². The van der Waals surface area contributed by atoms with E-state index in [0.29, 0.717) is 21.7 Å². The van der Waals surface area contributed by atoms with Crippen molar-refractivity contribution in [3.63, 3.8) is 0 Å². The zero-order valence-corrected chi connectivity index (χ0v) is 12.2. The number of rotatable bonds is 4. The summed E-state index contributed by atoms with van der Waals surface area (Å²) >= 11 is 3.22. The fourth-order valence-electron chi connectivity index (χ4n) is 1.95. The molecule has 0 radical (unpaired) electrons. The molecular formula is C13H9BrN4O3. The van der Waals surface area contributed by atoms with E-state index in [-0.39, 0.29) is 12.2 Å². The van der Waals surface area contributed by atoms with Crippen LogP contribution < -0.4 is 0 Å². The number of aromatic nitrogens is 4. The molecular weight excluding hydrogens is 340 g/mol. The van der Waals surface area contributed by atoms with Gasteiger partial charge in [-0.1, -0.05) is 5.21 Å². The number of carboxylic acid groups (broad SMARTS) is 1. The van der Waals surface area contributed by atoms with E-state index in [1.54, 1.807) is 36.7 Å². The van der Waals surface area contributed by atoms with Crippen molar-refractivity contribution in [3.05, 3.63) is 52.8 Å². The third-order valence-electron chi connectivity index (χ3n) is 2.83. The quantitative estimate of drug-likeness (QED) is 0.778. The van der Waals surface area contributed by atoms with Crippen molar-refractivity contribution in [2.45, 2.75) is 6.54 Å². The zero-order valence-electron chi connectivity index (χ0n) is 10.6. The van der Waals surface area contributed by atoms with Crippen molar-refractivity contribution < 1.29 is 14.3 Å². The molecule has 8 heteroatoms. The molecule has 0 bridgehead atoms. The van der Waals surface area contributed by atoms with Crippen LogP contribution in [-0.2, 0) is 6.54 Å². The molecule has 106 valence electrons. The van der Waals surface area contributed by atoms with Crippen LogP contribution in [0.4, 0.5) is 0 Å². The first-order valence-electron chi connectivity index (χ1n) is 5.96. The lowest BCUT2D eigenvalue weighted by Crippen LogP contribution is -2.05. The molecule has 3 aromatic heterocycles. The fraction of sp³-hybridized carbons (Fsp3) is 0.0769. The summed E-state index contributed by atoms with van der Waals surface area (Å²) in [6, 6.07) is 6.96. The van der Waals surface area contributed by atoms with Crippen LogP contribution in [0, 0.1) is 0 Å². The van der Waals surface area contributed by atoms with E-state index >= 15 is 0 Å². The summed E-state index contributed by atoms with van der Waals surface area (Å²) < 4.78 is 7.51. The Balaban J connectivity index is 2.07. The molecule has 0 saturated heterocycles. The molecule has 0 amide bonds. The highest BCUT2D eigenvalue weighted by atomic mass is 79.9. The van der Waals surface area contributed by atoms with Crippen LogP contribution in [0.2, 0.25) is 0 Å². The maximum absolute atomic E-state index is 11.3. The zero-order chi connectivity index (χ0) is 14.8. The lowest BCUT2D eigenvalue weighted by molar-refractivity contribution is 0.0691. The second-order valence-electron chi connectivity index (χ2n) is 4.19. The Labute approximate surface area is 127 Å². The lowest BCUT2D eigenvalue weighted by atomic mass is 10.1. The molecule has 0 fully saturated rings. The van der Waals surface area contributed by atoms with Crippen LogP contribution in [0.3, 0.4) is 0 Å². The summed E-state index contributed by atoms with van der Waals surface area (Å²) in [6.45, 7) is 0.281. The molecule has 0 aliphatic heterocycles. The molecule has 0 aliphatic carbocycles. The van der Waals surface area contributed by atoms with Crippen LogP contribution >= 0.6 is 15.9 Å². The smallest absolute Gasteiger partial charge is 0.358 e. The SMILES string of the molecule is O=C(O)c1nnn(Cc2ccc(Br)o2)c1-c1ccncc1. The van der Waals surface area contributed by atoms with Crippen LogP contribution in [-0.4, -0.2) is 31.1 Å². The molecule has 0 aliphatic rings. The highest BCUT2D eigenvalue weighted by Crippen LogP contribution is 2.23. The van der Waals surface area contributed by atoms with Gasteiger partial charge in [-0.05, 0) is 40.2 Å². The van der Waals surface area contributed by atoms with Gasteiger partial charge >= 0.3 is 5.97 Å². The normalized spacial score (nSPS) is 10.7. The fourth-order valence-corrected chi connectivity index (χ4v) is 2.29. The summed E-state index contributed by atoms with van der Waals surface area (Å²) in [4.78, 5) is 15.2. The van der Waals surface area contributed by atoms with Crippen molar-refractivity contribution in [2.75, 3.05) is 0 Å². The summed E-state index contributed by atoms with van der Waals surface area (Å²) in [6.07, 6.45) is 3.17. The van der Waals surface area contributed by atoms with Crippen LogP contribution in [0.25, 0.3) is 11.3 Å². The number of nitrogens with zero attached hydrogens (tertiary/aromatic N) is 4. The topological polar surface area (TPSA) is 94.0 Å². The third kappa shape index (κ3) is 2.70. The van der Waals surface area contributed by atoms with Crippen molar-refractivity contribution >= 4 is 21.9 Å². The first-order chi connectivity index (χ1) is 10.1. The number of pyridine rings is 1. The number of halogens is 1. The molecule has 3 aromatic rings. The summed E-state index contributed by atoms with van der Waals surface area (Å²) in [7, 11) is 0. The van der Waals surface area contributed by atoms with Crippen LogP contribution in [0.15, 0.2) is 45.7 Å². The largest absolute Gasteiger partial charge is 0.476 e. The Morgan fingerprint density at radius 3 is 2.67 bits per heavy atom. The van der Waals surface area contributed by atoms with E-state index < -0.39 is 5.97 Å². The molecule has 0 unspecified atom stereocenters. The average Bonchev–Trinajstić information content (AvgIpc) is 3.07. The van der Waals surface area contributed by atoms with Gasteiger partial charge in [0.25, 0.3) is 0 Å². The van der Waals surface area contributed by atoms with Gasteiger partial charge in [0.05, 0.1) is 0 Å². The standard InChI is InChI=1S/C13H9BrN4O3/c14-10-2-1-9(21-10)7-18-12(8-3-5-15-6-4-8)11(13(19)20)16-17-18/h1-6H,7H2,(H,19,20). The monoisotopic (exact) mass is 348 g/mol. The van der Waals surface area contributed by atoms with Crippen molar-refractivity contribution in [2.24, 2.45) is 0 Å². The third-order valence-corrected chi connectivity index (χ3v) is 3.25. The van der Waals surface area contributed by atoms with Crippen molar-refractivity contribution in [3.8, 4) is 11.3 Å². The minimum Gasteiger partial charge on any atom is -0.476 e. The second kappa shape index (κ2) is 5.49. The lowest BCUT2D eigenvalue weighted by Gasteiger charge is -2.05. The molecule has 0 aromatic carbocycles. The maximum Gasteiger partial charge on any atom is 0.358 e. The second-order valence-corrected chi connectivity index (χ2v) is 4.97. The van der Waals surface area contributed by atoms with Gasteiger partial charge in [-0.2, -0.15) is 0 Å². The van der Waals surface area contributed by atoms with E-state index in [0.717, 1.165) is 0 Å². The molecule has 21 heavy (non-hydrogen) atoms. The number of aromatic carboxylic acids is 1. The Morgan fingerprint density at radius 2 is 2.05 bits per heavy atom. The number of carboxylic acids is 1. The van der Waals surface area contributed by atoms with Gasteiger partial charge in [-0.3, -0.25) is 4.98 Å². The molecule has 0 spiro atoms. The Bertz CT molecular complexity index is 782. The van der Waals surface area contributed by atoms with Gasteiger partial charge in [0.1, 0.15) is 18.0 Å². The highest BCUT2D eigenvalue weighted by Gasteiger charge is 2.21. The molecule has 0 atom stereocenters. The Kier molecular flexibility index (Phi) is 3.53. The number of furan rings is 1. The van der Waals surface area contributed by atoms with Gasteiger partial charge < -0.3 is 9.52 Å². The average molecular weight is 349 g/mol. The predicted molar refractivity (Wildman–Crippen MR) is 75.7 cm³/mol. The Hall–Kier alpha value is -2.48. The predicted octanol–water partition coefficient (Wildman–Crippen LogP) is 2.44. The van der Waals surface area contributed by atoms with Crippen LogP contribution in [0.1, 0.15) is 16.2 Å². The van der Waals surface area contributed by atoms with Crippen LogP contribution in [0.5, 0.6) is 0 Å². The van der Waals surface area contributed by atoms with E-state index in [4.69, 9.17) is 4.42 Å². The van der Waals surface area contributed by atoms with Gasteiger partial charge in [0.2, 0.25) is 0 Å². The molecule has 0 saturated carbocycles. The molecule has 1 N–H and O–H groups in total. The summed E-state index contributed by atoms with van der Waals surface area (Å²) in [5.41, 5.74) is 0.988. The summed E-state index contributed by atoms with van der Waals surface area (Å²) in [5, 5.41) is 16.9. The maximum atomic E-state index is 11.3. The van der Waals surface area contributed by atoms with E-state index in [2.05, 4.69) is 31.2 Å². The van der Waals surface area contributed by atoms with E-state index in [1.165, 1.54) is 4.68 Å². The first-order valence-corrected chi connectivity index (χ1v) is 6.76. The van der Waals surface area contributed by atoms with Crippen molar-refractivity contribution in [1.29, 1.82) is 0 Å². The first kappa shape index (κ1) is 13.5. The van der Waals surface area contributed by atoms with E-state index in [1.807, 2.05) is 0 Å². The molecule has 3 heterocycles. The minimum atomic E-state index is -1.13. The van der Waals surface area contributed by atoms with Crippen molar-refractivity contribution in [1.82, 2.24) is 20.0 Å². The van der Waals surface area contributed by atoms with Gasteiger partial charge in [-0.25, -0.2) is 9.48 Å². The minimum absolute atomic E-state index is 0.105. The molecule has 7 nitrogen and oxygen atoms in total. The Morgan fingerprint density at radius 1 is 1.29 bits per heavy atom. The molecule has 3 rings (SSSR count).